The fourth-order valence-electron chi connectivity index (χ4n) is 2.28. The lowest BCUT2D eigenvalue weighted by Crippen LogP contribution is -2.21. The van der Waals surface area contributed by atoms with Crippen molar-refractivity contribution in [2.45, 2.75) is 13.1 Å². The molecule has 8 heteroatoms. The van der Waals surface area contributed by atoms with Gasteiger partial charge in [0.1, 0.15) is 0 Å². The Hall–Kier alpha value is -3.29. The molecule has 1 heterocycles. The number of nitrogens with two attached hydrogens (primary N) is 1. The van der Waals surface area contributed by atoms with Crippen molar-refractivity contribution in [2.24, 2.45) is 0 Å². The zero-order chi connectivity index (χ0) is 19.3. The second-order valence-electron chi connectivity index (χ2n) is 5.43. The molecule has 0 saturated carbocycles. The molecule has 0 bridgehead atoms. The van der Waals surface area contributed by atoms with E-state index in [1.807, 2.05) is 18.2 Å². The molecule has 1 aromatic heterocycles. The number of carbonyl (C=O) groups is 1. The highest BCUT2D eigenvalue weighted by Crippen LogP contribution is 2.28. The van der Waals surface area contributed by atoms with Gasteiger partial charge in [0.15, 0.2) is 0 Å². The summed E-state index contributed by atoms with van der Waals surface area (Å²) in [5.74, 6) is -2.76. The lowest BCUT2D eigenvalue weighted by atomic mass is 9.98. The van der Waals surface area contributed by atoms with Crippen LogP contribution < -0.4 is 5.73 Å². The highest BCUT2D eigenvalue weighted by molar-refractivity contribution is 5.74. The molecule has 2 aromatic carbocycles. The summed E-state index contributed by atoms with van der Waals surface area (Å²) >= 11 is 0. The van der Waals surface area contributed by atoms with E-state index in [4.69, 9.17) is 15.6 Å². The number of aliphatic carboxylic acids is 1. The zero-order valence-corrected chi connectivity index (χ0v) is 13.7. The van der Waals surface area contributed by atoms with Gasteiger partial charge in [-0.15, -0.1) is 0 Å². The van der Waals surface area contributed by atoms with Gasteiger partial charge in [-0.25, -0.2) is 4.79 Å². The van der Waals surface area contributed by atoms with Gasteiger partial charge in [0.2, 0.25) is 0 Å². The number of carboxylic acids is 1. The fraction of sp³-hybridized carbons (Fsp3) is 0.111. The maximum Gasteiger partial charge on any atom is 0.490 e. The number of halogens is 3. The van der Waals surface area contributed by atoms with Crippen molar-refractivity contribution >= 4 is 11.7 Å². The summed E-state index contributed by atoms with van der Waals surface area (Å²) in [6.45, 7) is 2.08. The summed E-state index contributed by atoms with van der Waals surface area (Å²) in [4.78, 5) is 8.90. The van der Waals surface area contributed by atoms with Crippen LogP contribution in [0.25, 0.3) is 22.4 Å². The normalized spacial score (nSPS) is 10.8. The van der Waals surface area contributed by atoms with E-state index in [0.717, 1.165) is 16.9 Å². The van der Waals surface area contributed by atoms with E-state index in [2.05, 4.69) is 47.5 Å². The molecule has 0 unspecified atom stereocenters. The van der Waals surface area contributed by atoms with Gasteiger partial charge >= 0.3 is 12.1 Å². The summed E-state index contributed by atoms with van der Waals surface area (Å²) in [5.41, 5.74) is 12.3. The second-order valence-corrected chi connectivity index (χ2v) is 5.43. The number of hydrogen-bond acceptors (Lipinski definition) is 3. The predicted octanol–water partition coefficient (Wildman–Crippen LogP) is 4.27. The van der Waals surface area contributed by atoms with Crippen molar-refractivity contribution in [3.63, 3.8) is 0 Å². The first-order chi connectivity index (χ1) is 12.2. The predicted molar refractivity (Wildman–Crippen MR) is 92.3 cm³/mol. The number of nitrogen functional groups attached to an aromatic ring is 1. The Balaban J connectivity index is 0.000000298. The summed E-state index contributed by atoms with van der Waals surface area (Å²) in [6, 6.07) is 16.4. The quantitative estimate of drug-likeness (QED) is 0.593. The number of anilines is 1. The summed E-state index contributed by atoms with van der Waals surface area (Å²) in [7, 11) is 0. The smallest absolute Gasteiger partial charge is 0.475 e. The number of aromatic nitrogens is 2. The number of alkyl halides is 3. The molecule has 0 aliphatic heterocycles. The zero-order valence-electron chi connectivity index (χ0n) is 13.7. The summed E-state index contributed by atoms with van der Waals surface area (Å²) < 4.78 is 31.7. The van der Waals surface area contributed by atoms with E-state index in [1.165, 1.54) is 16.7 Å². The highest BCUT2D eigenvalue weighted by Gasteiger charge is 2.38. The lowest BCUT2D eigenvalue weighted by molar-refractivity contribution is -0.192. The van der Waals surface area contributed by atoms with Crippen molar-refractivity contribution in [3.8, 4) is 22.4 Å². The SMILES string of the molecule is Cc1cc(N)ccc1-c1cccc(-c2ccn[nH]2)c1.O=C(O)C(F)(F)F. The Morgan fingerprint density at radius 3 is 2.31 bits per heavy atom. The molecule has 26 heavy (non-hydrogen) atoms. The van der Waals surface area contributed by atoms with Gasteiger partial charge in [0.05, 0.1) is 5.69 Å². The molecule has 0 aliphatic rings. The molecule has 0 atom stereocenters. The average molecular weight is 363 g/mol. The topological polar surface area (TPSA) is 92.0 Å². The van der Waals surface area contributed by atoms with E-state index >= 15 is 0 Å². The lowest BCUT2D eigenvalue weighted by Gasteiger charge is -2.08. The molecular weight excluding hydrogens is 347 g/mol. The molecule has 3 aromatic rings. The molecular formula is C18H16F3N3O2. The number of hydrogen-bond donors (Lipinski definition) is 3. The number of aromatic amines is 1. The Morgan fingerprint density at radius 1 is 1.12 bits per heavy atom. The molecule has 0 fully saturated rings. The van der Waals surface area contributed by atoms with Crippen LogP contribution in [0.15, 0.2) is 54.7 Å². The van der Waals surface area contributed by atoms with Crippen LogP contribution in [0.2, 0.25) is 0 Å². The fourth-order valence-corrected chi connectivity index (χ4v) is 2.28. The van der Waals surface area contributed by atoms with Crippen LogP contribution in [0.4, 0.5) is 18.9 Å². The minimum absolute atomic E-state index is 0.797. The first-order valence-electron chi connectivity index (χ1n) is 7.45. The van der Waals surface area contributed by atoms with E-state index in [0.29, 0.717) is 0 Å². The van der Waals surface area contributed by atoms with Crippen LogP contribution in [0.3, 0.4) is 0 Å². The number of rotatable bonds is 2. The van der Waals surface area contributed by atoms with E-state index in [9.17, 15) is 13.2 Å². The van der Waals surface area contributed by atoms with Crippen LogP contribution in [0.5, 0.6) is 0 Å². The molecule has 0 radical (unpaired) electrons. The highest BCUT2D eigenvalue weighted by atomic mass is 19.4. The first kappa shape index (κ1) is 19.0. The molecule has 4 N–H and O–H groups in total. The van der Waals surface area contributed by atoms with Gasteiger partial charge in [0, 0.05) is 17.4 Å². The number of benzene rings is 2. The summed E-state index contributed by atoms with van der Waals surface area (Å²) in [5, 5.41) is 14.1. The van der Waals surface area contributed by atoms with Gasteiger partial charge in [-0.1, -0.05) is 24.3 Å². The molecule has 0 amide bonds. The van der Waals surface area contributed by atoms with Gasteiger partial charge in [-0.3, -0.25) is 5.10 Å². The maximum atomic E-state index is 10.6. The molecule has 136 valence electrons. The van der Waals surface area contributed by atoms with Crippen molar-refractivity contribution in [1.82, 2.24) is 10.2 Å². The Kier molecular flexibility index (Phi) is 5.66. The van der Waals surface area contributed by atoms with Crippen LogP contribution in [0, 0.1) is 6.92 Å². The van der Waals surface area contributed by atoms with Crippen LogP contribution >= 0.6 is 0 Å². The minimum atomic E-state index is -5.08. The largest absolute Gasteiger partial charge is 0.490 e. The number of nitrogens with zero attached hydrogens (tertiary/aromatic N) is 1. The third-order valence-corrected chi connectivity index (χ3v) is 3.48. The second kappa shape index (κ2) is 7.73. The maximum absolute atomic E-state index is 10.6. The average Bonchev–Trinajstić information content (AvgIpc) is 3.09. The van der Waals surface area contributed by atoms with Crippen LogP contribution in [0.1, 0.15) is 5.56 Å². The standard InChI is InChI=1S/C16H15N3.C2HF3O2/c1-11-9-14(17)5-6-15(11)12-3-2-4-13(10-12)16-7-8-18-19-16;3-2(4,5)1(6)7/h2-10H,17H2,1H3,(H,18,19);(H,6,7). The van der Waals surface area contributed by atoms with Crippen molar-refractivity contribution < 1.29 is 23.1 Å². The first-order valence-corrected chi connectivity index (χ1v) is 7.45. The van der Waals surface area contributed by atoms with Crippen molar-refractivity contribution in [1.29, 1.82) is 0 Å². The number of carboxylic acid groups (broad SMARTS) is 1. The number of aryl methyl sites for hydroxylation is 1. The van der Waals surface area contributed by atoms with Gasteiger partial charge in [-0.05, 0) is 47.9 Å². The Labute approximate surface area is 147 Å². The third-order valence-electron chi connectivity index (χ3n) is 3.48. The Bertz CT molecular complexity index is 891. The van der Waals surface area contributed by atoms with Crippen LogP contribution in [-0.2, 0) is 4.79 Å². The van der Waals surface area contributed by atoms with Gasteiger partial charge in [0.25, 0.3) is 0 Å². The van der Waals surface area contributed by atoms with E-state index in [1.54, 1.807) is 6.20 Å². The van der Waals surface area contributed by atoms with Crippen molar-refractivity contribution in [3.05, 3.63) is 60.3 Å². The molecule has 0 saturated heterocycles. The summed E-state index contributed by atoms with van der Waals surface area (Å²) in [6.07, 6.45) is -3.32. The number of nitrogens with one attached hydrogen (secondary N) is 1. The Morgan fingerprint density at radius 2 is 1.77 bits per heavy atom. The number of H-pyrrole nitrogens is 1. The van der Waals surface area contributed by atoms with Crippen molar-refractivity contribution in [2.75, 3.05) is 5.73 Å². The molecule has 5 nitrogen and oxygen atoms in total. The van der Waals surface area contributed by atoms with Gasteiger partial charge in [-0.2, -0.15) is 18.3 Å². The molecule has 0 aliphatic carbocycles. The molecule has 0 spiro atoms. The van der Waals surface area contributed by atoms with E-state index < -0.39 is 12.1 Å². The third kappa shape index (κ3) is 4.85. The monoisotopic (exact) mass is 363 g/mol. The molecule has 3 rings (SSSR count). The van der Waals surface area contributed by atoms with Crippen LogP contribution in [-0.4, -0.2) is 27.4 Å². The van der Waals surface area contributed by atoms with Gasteiger partial charge < -0.3 is 10.8 Å². The van der Waals surface area contributed by atoms with E-state index in [-0.39, 0.29) is 0 Å². The minimum Gasteiger partial charge on any atom is -0.475 e.